The third-order valence-electron chi connectivity index (χ3n) is 4.11. The predicted molar refractivity (Wildman–Crippen MR) is 119 cm³/mol. The molecule has 0 saturated heterocycles. The zero-order valence-electron chi connectivity index (χ0n) is 17.9. The summed E-state index contributed by atoms with van der Waals surface area (Å²) >= 11 is 0. The third-order valence-corrected chi connectivity index (χ3v) is 4.11. The number of hydrogen-bond donors (Lipinski definition) is 3. The molecule has 0 aliphatic heterocycles. The van der Waals surface area contributed by atoms with E-state index in [1.165, 1.54) is 0 Å². The first kappa shape index (κ1) is 23.2. The number of carbonyl (C=O) groups excluding carboxylic acids is 2. The Morgan fingerprint density at radius 2 is 1.80 bits per heavy atom. The van der Waals surface area contributed by atoms with Crippen LogP contribution in [-0.2, 0) is 9.53 Å². The lowest BCUT2D eigenvalue weighted by Crippen LogP contribution is -2.25. The summed E-state index contributed by atoms with van der Waals surface area (Å²) in [6, 6.07) is 14.3. The number of hydrogen-bond acceptors (Lipinski definition) is 5. The molecular formula is C23H31N3O4. The molecule has 0 radical (unpaired) electrons. The molecule has 162 valence electrons. The maximum atomic E-state index is 12.2. The molecular weight excluding hydrogens is 382 g/mol. The second kappa shape index (κ2) is 12.5. The second-order valence-electron chi connectivity index (χ2n) is 7.31. The molecule has 0 bridgehead atoms. The van der Waals surface area contributed by atoms with Crippen LogP contribution in [0.15, 0.2) is 48.5 Å². The van der Waals surface area contributed by atoms with Crippen LogP contribution in [0.2, 0.25) is 0 Å². The van der Waals surface area contributed by atoms with Gasteiger partial charge >= 0.3 is 0 Å². The van der Waals surface area contributed by atoms with E-state index in [9.17, 15) is 9.59 Å². The molecule has 3 N–H and O–H groups in total. The largest absolute Gasteiger partial charge is 0.493 e. The van der Waals surface area contributed by atoms with E-state index in [1.807, 2.05) is 30.3 Å². The molecule has 0 spiro atoms. The van der Waals surface area contributed by atoms with Gasteiger partial charge in [0.25, 0.3) is 5.91 Å². The van der Waals surface area contributed by atoms with Crippen LogP contribution in [0.4, 0.5) is 11.4 Å². The molecule has 0 aliphatic carbocycles. The summed E-state index contributed by atoms with van der Waals surface area (Å²) in [6.45, 7) is 6.07. The van der Waals surface area contributed by atoms with Crippen molar-refractivity contribution in [3.8, 4) is 5.75 Å². The highest BCUT2D eigenvalue weighted by atomic mass is 16.5. The maximum absolute atomic E-state index is 12.2. The second-order valence-corrected chi connectivity index (χ2v) is 7.31. The van der Waals surface area contributed by atoms with Crippen LogP contribution in [0.5, 0.6) is 5.75 Å². The van der Waals surface area contributed by atoms with Gasteiger partial charge in [0.1, 0.15) is 5.75 Å². The highest BCUT2D eigenvalue weighted by Gasteiger charge is 2.07. The number of benzene rings is 2. The van der Waals surface area contributed by atoms with Crippen LogP contribution in [0, 0.1) is 5.92 Å². The van der Waals surface area contributed by atoms with Crippen molar-refractivity contribution < 1.29 is 19.1 Å². The fraction of sp³-hybridized carbons (Fsp3) is 0.391. The summed E-state index contributed by atoms with van der Waals surface area (Å²) in [4.78, 5) is 24.4. The van der Waals surface area contributed by atoms with Crippen LogP contribution in [0.25, 0.3) is 0 Å². The standard InChI is InChI=1S/C23H31N3O4/c1-17(2)16-30-21-10-8-19(9-11-21)26-22(27)15-25-20-7-4-6-18(14-20)23(28)24-12-5-13-29-3/h4,6-11,14,17,25H,5,12-13,15-16H2,1-3H3,(H,24,28)(H,26,27). The van der Waals surface area contributed by atoms with E-state index in [4.69, 9.17) is 9.47 Å². The van der Waals surface area contributed by atoms with Gasteiger partial charge in [0, 0.05) is 37.2 Å². The average molecular weight is 414 g/mol. The molecule has 2 aromatic rings. The minimum Gasteiger partial charge on any atom is -0.493 e. The number of carbonyl (C=O) groups is 2. The van der Waals surface area contributed by atoms with Gasteiger partial charge < -0.3 is 25.4 Å². The lowest BCUT2D eigenvalue weighted by Gasteiger charge is -2.11. The van der Waals surface area contributed by atoms with Crippen LogP contribution in [0.1, 0.15) is 30.6 Å². The van der Waals surface area contributed by atoms with Crippen molar-refractivity contribution in [3.05, 3.63) is 54.1 Å². The first-order valence-electron chi connectivity index (χ1n) is 10.1. The molecule has 0 heterocycles. The van der Waals surface area contributed by atoms with E-state index >= 15 is 0 Å². The van der Waals surface area contributed by atoms with Gasteiger partial charge in [-0.1, -0.05) is 19.9 Å². The Kier molecular flexibility index (Phi) is 9.67. The third kappa shape index (κ3) is 8.53. The van der Waals surface area contributed by atoms with Gasteiger partial charge in [0.15, 0.2) is 0 Å². The summed E-state index contributed by atoms with van der Waals surface area (Å²) in [5, 5.41) is 8.72. The zero-order chi connectivity index (χ0) is 21.8. The lowest BCUT2D eigenvalue weighted by molar-refractivity contribution is -0.114. The van der Waals surface area contributed by atoms with Crippen molar-refractivity contribution in [2.24, 2.45) is 5.92 Å². The fourth-order valence-corrected chi connectivity index (χ4v) is 2.58. The molecule has 0 unspecified atom stereocenters. The van der Waals surface area contributed by atoms with Crippen LogP contribution >= 0.6 is 0 Å². The maximum Gasteiger partial charge on any atom is 0.251 e. The van der Waals surface area contributed by atoms with Crippen molar-refractivity contribution in [1.82, 2.24) is 5.32 Å². The van der Waals surface area contributed by atoms with Crippen molar-refractivity contribution in [1.29, 1.82) is 0 Å². The van der Waals surface area contributed by atoms with Gasteiger partial charge in [-0.2, -0.15) is 0 Å². The molecule has 0 aliphatic rings. The van der Waals surface area contributed by atoms with Gasteiger partial charge in [0.2, 0.25) is 5.91 Å². The Labute approximate surface area is 178 Å². The van der Waals surface area contributed by atoms with Gasteiger partial charge in [0.05, 0.1) is 13.2 Å². The quantitative estimate of drug-likeness (QED) is 0.463. The smallest absolute Gasteiger partial charge is 0.251 e. The van der Waals surface area contributed by atoms with Crippen molar-refractivity contribution >= 4 is 23.2 Å². The highest BCUT2D eigenvalue weighted by Crippen LogP contribution is 2.16. The molecule has 7 nitrogen and oxygen atoms in total. The normalized spacial score (nSPS) is 10.5. The Balaban J connectivity index is 1.79. The van der Waals surface area contributed by atoms with E-state index in [0.717, 1.165) is 12.2 Å². The van der Waals surface area contributed by atoms with Gasteiger partial charge in [-0.15, -0.1) is 0 Å². The molecule has 0 atom stereocenters. The van der Waals surface area contributed by atoms with Crippen LogP contribution < -0.4 is 20.7 Å². The SMILES string of the molecule is COCCCNC(=O)c1cccc(NCC(=O)Nc2ccc(OCC(C)C)cc2)c1. The van der Waals surface area contributed by atoms with Crippen molar-refractivity contribution in [2.45, 2.75) is 20.3 Å². The summed E-state index contributed by atoms with van der Waals surface area (Å²) in [5.41, 5.74) is 1.94. The number of ether oxygens (including phenoxy) is 2. The van der Waals surface area contributed by atoms with E-state index in [1.54, 1.807) is 25.3 Å². The molecule has 30 heavy (non-hydrogen) atoms. The summed E-state index contributed by atoms with van der Waals surface area (Å²) < 4.78 is 10.6. The summed E-state index contributed by atoms with van der Waals surface area (Å²) in [7, 11) is 1.63. The van der Waals surface area contributed by atoms with E-state index in [0.29, 0.717) is 42.6 Å². The molecule has 7 heteroatoms. The monoisotopic (exact) mass is 413 g/mol. The van der Waals surface area contributed by atoms with Crippen LogP contribution in [-0.4, -0.2) is 45.2 Å². The summed E-state index contributed by atoms with van der Waals surface area (Å²) in [6.07, 6.45) is 0.755. The number of nitrogens with one attached hydrogen (secondary N) is 3. The number of rotatable bonds is 12. The molecule has 0 aromatic heterocycles. The summed E-state index contributed by atoms with van der Waals surface area (Å²) in [5.74, 6) is 0.895. The van der Waals surface area contributed by atoms with Gasteiger partial charge in [-0.3, -0.25) is 9.59 Å². The van der Waals surface area contributed by atoms with E-state index < -0.39 is 0 Å². The number of methoxy groups -OCH3 is 1. The van der Waals surface area contributed by atoms with E-state index in [-0.39, 0.29) is 18.4 Å². The zero-order valence-corrected chi connectivity index (χ0v) is 17.9. The van der Waals surface area contributed by atoms with Crippen LogP contribution in [0.3, 0.4) is 0 Å². The molecule has 0 fully saturated rings. The molecule has 2 aromatic carbocycles. The first-order valence-corrected chi connectivity index (χ1v) is 10.1. The molecule has 0 saturated carbocycles. The van der Waals surface area contributed by atoms with E-state index in [2.05, 4.69) is 29.8 Å². The Morgan fingerprint density at radius 3 is 2.50 bits per heavy atom. The number of amides is 2. The van der Waals surface area contributed by atoms with Gasteiger partial charge in [-0.25, -0.2) is 0 Å². The Bertz CT molecular complexity index is 806. The molecule has 2 rings (SSSR count). The predicted octanol–water partition coefficient (Wildman–Crippen LogP) is 3.54. The Morgan fingerprint density at radius 1 is 1.03 bits per heavy atom. The minimum absolute atomic E-state index is 0.0878. The topological polar surface area (TPSA) is 88.7 Å². The van der Waals surface area contributed by atoms with Gasteiger partial charge in [-0.05, 0) is 54.8 Å². The van der Waals surface area contributed by atoms with Crippen molar-refractivity contribution in [2.75, 3.05) is 44.0 Å². The number of anilines is 2. The Hall–Kier alpha value is -3.06. The fourth-order valence-electron chi connectivity index (χ4n) is 2.58. The highest BCUT2D eigenvalue weighted by molar-refractivity contribution is 5.96. The molecule has 2 amide bonds. The first-order chi connectivity index (χ1) is 14.5. The average Bonchev–Trinajstić information content (AvgIpc) is 2.75. The van der Waals surface area contributed by atoms with Crippen molar-refractivity contribution in [3.63, 3.8) is 0 Å². The minimum atomic E-state index is -0.180. The lowest BCUT2D eigenvalue weighted by atomic mass is 10.2.